The van der Waals surface area contributed by atoms with Crippen LogP contribution >= 0.6 is 0 Å². The number of rotatable bonds is 4. The van der Waals surface area contributed by atoms with Crippen molar-refractivity contribution < 1.29 is 44.3 Å². The molecule has 0 radical (unpaired) electrons. The van der Waals surface area contributed by atoms with Crippen LogP contribution in [0.3, 0.4) is 0 Å². The fraction of sp³-hybridized carbons (Fsp3) is 0.333. The highest BCUT2D eigenvalue weighted by Gasteiger charge is 2.83. The fourth-order valence-electron chi connectivity index (χ4n) is 1.40. The van der Waals surface area contributed by atoms with Gasteiger partial charge in [0.05, 0.1) is 11.6 Å². The quantitative estimate of drug-likeness (QED) is 0.604. The zero-order valence-corrected chi connectivity index (χ0v) is 10.6. The van der Waals surface area contributed by atoms with E-state index < -0.39 is 35.3 Å². The highest BCUT2D eigenvalue weighted by molar-refractivity contribution is 6.02. The molecular weight excluding hydrogens is 345 g/mol. The van der Waals surface area contributed by atoms with Gasteiger partial charge in [-0.1, -0.05) is 0 Å². The van der Waals surface area contributed by atoms with Gasteiger partial charge in [-0.15, -0.1) is 0 Å². The zero-order valence-electron chi connectivity index (χ0n) is 10.6. The van der Waals surface area contributed by atoms with Gasteiger partial charge >= 0.3 is 23.9 Å². The Hall–Kier alpha value is -2.25. The van der Waals surface area contributed by atoms with Crippen molar-refractivity contribution in [3.8, 4) is 6.07 Å². The van der Waals surface area contributed by atoms with Crippen molar-refractivity contribution >= 4 is 5.78 Å². The average molecular weight is 349 g/mol. The smallest absolute Gasteiger partial charge is 0.287 e. The van der Waals surface area contributed by atoms with Crippen LogP contribution in [0.2, 0.25) is 0 Å². The van der Waals surface area contributed by atoms with Crippen molar-refractivity contribution in [1.82, 2.24) is 0 Å². The lowest BCUT2D eigenvalue weighted by Crippen LogP contribution is -2.63. The number of benzene rings is 1. The van der Waals surface area contributed by atoms with Crippen molar-refractivity contribution in [2.45, 2.75) is 23.9 Å². The van der Waals surface area contributed by atoms with E-state index in [-0.39, 0.29) is 5.56 Å². The Morgan fingerprint density at radius 1 is 0.826 bits per heavy atom. The molecule has 0 saturated heterocycles. The number of hydrogen-bond acceptors (Lipinski definition) is 2. The molecule has 0 bridgehead atoms. The highest BCUT2D eigenvalue weighted by atomic mass is 19.4. The molecule has 0 aliphatic rings. The highest BCUT2D eigenvalue weighted by Crippen LogP contribution is 2.53. The van der Waals surface area contributed by atoms with Gasteiger partial charge in [-0.2, -0.15) is 44.8 Å². The summed E-state index contributed by atoms with van der Waals surface area (Å²) >= 11 is 0. The predicted molar refractivity (Wildman–Crippen MR) is 56.4 cm³/mol. The lowest BCUT2D eigenvalue weighted by molar-refractivity contribution is -0.386. The number of halogens is 9. The minimum absolute atomic E-state index is 0.183. The molecule has 2 nitrogen and oxygen atoms in total. The molecule has 0 heterocycles. The zero-order chi connectivity index (χ0) is 18.3. The number of ketones is 1. The summed E-state index contributed by atoms with van der Waals surface area (Å²) in [7, 11) is 0. The van der Waals surface area contributed by atoms with Crippen LogP contribution in [0, 0.1) is 11.3 Å². The first-order valence-electron chi connectivity index (χ1n) is 5.45. The molecule has 23 heavy (non-hydrogen) atoms. The van der Waals surface area contributed by atoms with Gasteiger partial charge in [0, 0.05) is 5.56 Å². The van der Waals surface area contributed by atoms with Crippen molar-refractivity contribution in [3.05, 3.63) is 35.4 Å². The Balaban J connectivity index is 3.32. The van der Waals surface area contributed by atoms with Crippen LogP contribution in [0.5, 0.6) is 0 Å². The first-order chi connectivity index (χ1) is 10.2. The van der Waals surface area contributed by atoms with Gasteiger partial charge in [0.1, 0.15) is 0 Å². The lowest BCUT2D eigenvalue weighted by atomic mass is 9.95. The largest absolute Gasteiger partial charge is 0.460 e. The number of carbonyl (C=O) groups excluding carboxylic acids is 1. The molecule has 1 rings (SSSR count). The summed E-state index contributed by atoms with van der Waals surface area (Å²) in [6.45, 7) is 0. The van der Waals surface area contributed by atoms with Gasteiger partial charge in [-0.25, -0.2) is 0 Å². The van der Waals surface area contributed by atoms with Gasteiger partial charge in [0.15, 0.2) is 0 Å². The summed E-state index contributed by atoms with van der Waals surface area (Å²) in [5, 5.41) is 8.43. The van der Waals surface area contributed by atoms with Gasteiger partial charge in [0.2, 0.25) is 5.78 Å². The minimum Gasteiger partial charge on any atom is -0.287 e. The van der Waals surface area contributed by atoms with Gasteiger partial charge in [0.25, 0.3) is 0 Å². The van der Waals surface area contributed by atoms with E-state index in [0.29, 0.717) is 12.1 Å². The summed E-state index contributed by atoms with van der Waals surface area (Å²) in [6.07, 6.45) is -7.00. The molecule has 11 heteroatoms. The van der Waals surface area contributed by atoms with Crippen LogP contribution in [-0.4, -0.2) is 29.7 Å². The molecule has 0 saturated carbocycles. The van der Waals surface area contributed by atoms with Crippen LogP contribution in [0.4, 0.5) is 39.5 Å². The Morgan fingerprint density at radius 2 is 1.26 bits per heavy atom. The SMILES string of the molecule is N#Cc1ccc(C(=O)C(F)(F)C(F)(F)C(F)(F)C(F)(F)F)cc1. The number of carbonyl (C=O) groups is 1. The maximum absolute atomic E-state index is 13.3. The average Bonchev–Trinajstić information content (AvgIpc) is 2.44. The standard InChI is InChI=1S/C12H4F9NO/c13-9(14,10(15,16)11(17,18)12(19,20)21)8(23)7-3-1-6(5-22)2-4-7/h1-4H. The van der Waals surface area contributed by atoms with Crippen LogP contribution in [-0.2, 0) is 0 Å². The summed E-state index contributed by atoms with van der Waals surface area (Å²) in [5.74, 6) is -23.4. The molecule has 0 fully saturated rings. The Bertz CT molecular complexity index is 640. The first-order valence-corrected chi connectivity index (χ1v) is 5.45. The Labute approximate surface area is 122 Å². The number of nitrogens with zero attached hydrogens (tertiary/aromatic N) is 1. The van der Waals surface area contributed by atoms with Crippen molar-refractivity contribution in [2.75, 3.05) is 0 Å². The Morgan fingerprint density at radius 3 is 1.61 bits per heavy atom. The third-order valence-electron chi connectivity index (χ3n) is 2.71. The van der Waals surface area contributed by atoms with Gasteiger partial charge in [-0.05, 0) is 24.3 Å². The first kappa shape index (κ1) is 18.8. The molecule has 0 aliphatic carbocycles. The van der Waals surface area contributed by atoms with Crippen molar-refractivity contribution in [1.29, 1.82) is 5.26 Å². The maximum Gasteiger partial charge on any atom is 0.460 e. The fourth-order valence-corrected chi connectivity index (χ4v) is 1.40. The van der Waals surface area contributed by atoms with Crippen LogP contribution in [0.25, 0.3) is 0 Å². The van der Waals surface area contributed by atoms with Crippen molar-refractivity contribution in [2.24, 2.45) is 0 Å². The second-order valence-electron chi connectivity index (χ2n) is 4.24. The van der Waals surface area contributed by atoms with E-state index in [0.717, 1.165) is 12.1 Å². The van der Waals surface area contributed by atoms with Crippen LogP contribution in [0.1, 0.15) is 15.9 Å². The second kappa shape index (κ2) is 5.43. The number of nitriles is 1. The Kier molecular flexibility index (Phi) is 4.44. The van der Waals surface area contributed by atoms with Crippen LogP contribution < -0.4 is 0 Å². The minimum atomic E-state index is -7.13. The van der Waals surface area contributed by atoms with Gasteiger partial charge in [-0.3, -0.25) is 4.79 Å². The number of alkyl halides is 9. The summed E-state index contributed by atoms with van der Waals surface area (Å²) < 4.78 is 114. The molecule has 1 aromatic rings. The van der Waals surface area contributed by atoms with E-state index >= 15 is 0 Å². The lowest BCUT2D eigenvalue weighted by Gasteiger charge is -2.32. The second-order valence-corrected chi connectivity index (χ2v) is 4.24. The van der Waals surface area contributed by atoms with E-state index in [1.165, 1.54) is 6.07 Å². The van der Waals surface area contributed by atoms with Gasteiger partial charge < -0.3 is 0 Å². The molecule has 0 N–H and O–H groups in total. The molecular formula is C12H4F9NO. The molecule has 0 aliphatic heterocycles. The molecule has 0 aromatic heterocycles. The summed E-state index contributed by atoms with van der Waals surface area (Å²) in [4.78, 5) is 11.3. The molecule has 0 atom stereocenters. The van der Waals surface area contributed by atoms with E-state index in [2.05, 4.69) is 0 Å². The number of Topliss-reactive ketones (excluding diaryl/α,β-unsaturated/α-hetero) is 1. The molecule has 0 unspecified atom stereocenters. The van der Waals surface area contributed by atoms with Crippen molar-refractivity contribution in [3.63, 3.8) is 0 Å². The normalized spacial score (nSPS) is 13.6. The topological polar surface area (TPSA) is 40.9 Å². The summed E-state index contributed by atoms with van der Waals surface area (Å²) in [6, 6.07) is 3.80. The van der Waals surface area contributed by atoms with Crippen LogP contribution in [0.15, 0.2) is 24.3 Å². The monoisotopic (exact) mass is 349 g/mol. The molecule has 126 valence electrons. The predicted octanol–water partition coefficient (Wildman–Crippen LogP) is 4.21. The third-order valence-corrected chi connectivity index (χ3v) is 2.71. The molecule has 0 amide bonds. The van der Waals surface area contributed by atoms with E-state index in [1.807, 2.05) is 0 Å². The third kappa shape index (κ3) is 2.85. The maximum atomic E-state index is 13.3. The molecule has 1 aromatic carbocycles. The van der Waals surface area contributed by atoms with E-state index in [4.69, 9.17) is 5.26 Å². The van der Waals surface area contributed by atoms with E-state index in [1.54, 1.807) is 0 Å². The number of hydrogen-bond donors (Lipinski definition) is 0. The summed E-state index contributed by atoms with van der Waals surface area (Å²) in [5.41, 5.74) is -1.44. The van der Waals surface area contributed by atoms with E-state index in [9.17, 15) is 44.3 Å². The molecule has 0 spiro atoms.